The Hall–Kier alpha value is -1.55. The van der Waals surface area contributed by atoms with Gasteiger partial charge in [-0.15, -0.1) is 34.4 Å². The molecule has 10 nitrogen and oxygen atoms in total. The summed E-state index contributed by atoms with van der Waals surface area (Å²) in [5.41, 5.74) is 7.45. The Balaban J connectivity index is 0.00000306. The summed E-state index contributed by atoms with van der Waals surface area (Å²) in [6.07, 6.45) is 0. The van der Waals surface area contributed by atoms with Crippen molar-refractivity contribution >= 4 is 79.9 Å². The van der Waals surface area contributed by atoms with Crippen LogP contribution in [0.2, 0.25) is 0 Å². The first-order chi connectivity index (χ1) is 15.2. The first-order valence-corrected chi connectivity index (χ1v) is 12.3. The molecule has 0 spiro atoms. The van der Waals surface area contributed by atoms with E-state index in [2.05, 4.69) is 20.4 Å². The van der Waals surface area contributed by atoms with Crippen LogP contribution in [-0.2, 0) is 14.4 Å². The normalized spacial score (nSPS) is 20.0. The number of rotatable bonds is 6. The number of oxime groups is 1. The van der Waals surface area contributed by atoms with Crippen LogP contribution in [0.4, 0.5) is 5.13 Å². The number of thiocarbonyl (C=S) groups is 1. The van der Waals surface area contributed by atoms with Crippen LogP contribution in [0.5, 0.6) is 0 Å². The van der Waals surface area contributed by atoms with Crippen LogP contribution < -0.4 is 45.7 Å². The van der Waals surface area contributed by atoms with Gasteiger partial charge in [0.15, 0.2) is 10.8 Å². The van der Waals surface area contributed by atoms with Gasteiger partial charge in [0.1, 0.15) is 29.2 Å². The molecule has 33 heavy (non-hydrogen) atoms. The predicted molar refractivity (Wildman–Crippen MR) is 126 cm³/mol. The molecule has 0 radical (unpaired) electrons. The Morgan fingerprint density at radius 3 is 2.70 bits per heavy atom. The van der Waals surface area contributed by atoms with Crippen molar-refractivity contribution in [2.45, 2.75) is 25.3 Å². The number of hydrogen-bond acceptors (Lipinski definition) is 12. The van der Waals surface area contributed by atoms with Gasteiger partial charge < -0.3 is 21.0 Å². The number of hydrogen-bond donors (Lipinski definition) is 2. The smallest absolute Gasteiger partial charge is 0.863 e. The number of nitrogen functional groups attached to an aromatic ring is 1. The summed E-state index contributed by atoms with van der Waals surface area (Å²) in [5.74, 6) is -0.629. The number of β-lactam (4-membered cyclic amide) rings is 1. The number of aromatic nitrogens is 2. The number of thioether (sulfide) groups is 1. The molecule has 2 amide bonds. The number of nitrogens with zero attached hydrogens (tertiary/aromatic N) is 4. The minimum Gasteiger partial charge on any atom is -0.863 e. The SMILES string of the molecule is CO/N=C(\C(=O)NC1C(=O)N2C(C([O-])=S)=C(c3nc(C)c(C)s3)CS[C@H]12)c1csc(N)n1.[Na+]. The average Bonchev–Trinajstić information content (AvgIpc) is 3.33. The molecule has 0 aromatic carbocycles. The molecule has 15 heteroatoms. The van der Waals surface area contributed by atoms with Crippen LogP contribution in [0, 0.1) is 13.8 Å². The molecule has 0 aliphatic carbocycles. The second-order valence-corrected chi connectivity index (χ2v) is 10.4. The van der Waals surface area contributed by atoms with Gasteiger partial charge in [-0.1, -0.05) is 17.4 Å². The van der Waals surface area contributed by atoms with Gasteiger partial charge in [-0.2, -0.15) is 0 Å². The third-order valence-corrected chi connectivity index (χ3v) is 8.18. The van der Waals surface area contributed by atoms with Crippen molar-refractivity contribution < 1.29 is 49.1 Å². The monoisotopic (exact) mass is 532 g/mol. The van der Waals surface area contributed by atoms with Gasteiger partial charge >= 0.3 is 29.6 Å². The van der Waals surface area contributed by atoms with Crippen molar-refractivity contribution in [1.29, 1.82) is 0 Å². The van der Waals surface area contributed by atoms with Gasteiger partial charge in [-0.3, -0.25) is 14.5 Å². The number of carbonyl (C=O) groups excluding carboxylic acids is 2. The summed E-state index contributed by atoms with van der Waals surface area (Å²) in [5, 5.41) is 20.1. The zero-order valence-corrected chi connectivity index (χ0v) is 23.3. The maximum atomic E-state index is 13.0. The fourth-order valence-electron chi connectivity index (χ4n) is 3.28. The first-order valence-electron chi connectivity index (χ1n) is 9.19. The molecule has 2 aromatic heterocycles. The van der Waals surface area contributed by atoms with Crippen molar-refractivity contribution in [2.75, 3.05) is 18.6 Å². The van der Waals surface area contributed by atoms with Gasteiger partial charge in [-0.05, 0) is 18.9 Å². The predicted octanol–water partition coefficient (Wildman–Crippen LogP) is -2.35. The van der Waals surface area contributed by atoms with E-state index in [1.807, 2.05) is 13.8 Å². The van der Waals surface area contributed by atoms with Crippen LogP contribution >= 0.6 is 46.7 Å². The quantitative estimate of drug-likeness (QED) is 0.137. The van der Waals surface area contributed by atoms with Crippen LogP contribution in [0.3, 0.4) is 0 Å². The fourth-order valence-corrected chi connectivity index (χ4v) is 6.44. The summed E-state index contributed by atoms with van der Waals surface area (Å²) in [6, 6.07) is -0.851. The Morgan fingerprint density at radius 2 is 2.15 bits per heavy atom. The average molecular weight is 533 g/mol. The number of anilines is 1. The number of nitrogens with two attached hydrogens (primary N) is 1. The second kappa shape index (κ2) is 10.4. The zero-order valence-electron chi connectivity index (χ0n) is 18.1. The van der Waals surface area contributed by atoms with Crippen LogP contribution in [0.15, 0.2) is 16.2 Å². The molecule has 1 fully saturated rings. The summed E-state index contributed by atoms with van der Waals surface area (Å²) >= 11 is 8.97. The van der Waals surface area contributed by atoms with E-state index in [1.54, 1.807) is 5.38 Å². The van der Waals surface area contributed by atoms with E-state index in [-0.39, 0.29) is 51.8 Å². The Labute approximate surface area is 229 Å². The second-order valence-electron chi connectivity index (χ2n) is 6.83. The van der Waals surface area contributed by atoms with Gasteiger partial charge in [0.2, 0.25) is 0 Å². The van der Waals surface area contributed by atoms with Crippen molar-refractivity contribution in [2.24, 2.45) is 5.16 Å². The largest absolute Gasteiger partial charge is 1.00 e. The zero-order chi connectivity index (χ0) is 23.2. The van der Waals surface area contributed by atoms with Crippen molar-refractivity contribution in [3.05, 3.63) is 32.3 Å². The first kappa shape index (κ1) is 26.1. The molecular formula is C18H17N6NaO4S4. The third kappa shape index (κ3) is 4.83. The minimum absolute atomic E-state index is 0. The van der Waals surface area contributed by atoms with Gasteiger partial charge in [-0.25, -0.2) is 9.97 Å². The number of aryl methyl sites for hydroxylation is 2. The number of carbonyl (C=O) groups is 2. The van der Waals surface area contributed by atoms with Gasteiger partial charge in [0, 0.05) is 21.6 Å². The summed E-state index contributed by atoms with van der Waals surface area (Å²) in [7, 11) is 1.30. The Bertz CT molecular complexity index is 1170. The molecule has 168 valence electrons. The van der Waals surface area contributed by atoms with Crippen molar-refractivity contribution in [3.8, 4) is 0 Å². The summed E-state index contributed by atoms with van der Waals surface area (Å²) < 4.78 is 0. The Kier molecular flexibility index (Phi) is 8.19. The van der Waals surface area contributed by atoms with E-state index in [0.717, 1.165) is 21.9 Å². The van der Waals surface area contributed by atoms with Crippen LogP contribution in [0.1, 0.15) is 21.3 Å². The fraction of sp³-hybridized carbons (Fsp3) is 0.333. The molecule has 4 rings (SSSR count). The van der Waals surface area contributed by atoms with Gasteiger partial charge in [0.05, 0.1) is 11.4 Å². The van der Waals surface area contributed by atoms with E-state index >= 15 is 0 Å². The maximum Gasteiger partial charge on any atom is 1.00 e. The van der Waals surface area contributed by atoms with E-state index < -0.39 is 28.3 Å². The number of thiazole rings is 2. The Morgan fingerprint density at radius 1 is 1.42 bits per heavy atom. The molecular weight excluding hydrogens is 515 g/mol. The van der Waals surface area contributed by atoms with Gasteiger partial charge in [0.25, 0.3) is 11.8 Å². The van der Waals surface area contributed by atoms with E-state index in [0.29, 0.717) is 16.3 Å². The molecule has 1 unspecified atom stereocenters. The topological polar surface area (TPSA) is 146 Å². The van der Waals surface area contributed by atoms with E-state index in [1.165, 1.54) is 35.1 Å². The van der Waals surface area contributed by atoms with Crippen molar-refractivity contribution in [3.63, 3.8) is 0 Å². The molecule has 2 aliphatic rings. The molecule has 0 bridgehead atoms. The molecule has 0 saturated carbocycles. The van der Waals surface area contributed by atoms with E-state index in [4.69, 9.17) is 22.8 Å². The number of nitrogens with one attached hydrogen (secondary N) is 1. The molecule has 2 aromatic rings. The number of amides is 2. The molecule has 2 aliphatic heterocycles. The third-order valence-electron chi connectivity index (χ3n) is 4.90. The molecule has 3 N–H and O–H groups in total. The van der Waals surface area contributed by atoms with Crippen LogP contribution in [-0.4, -0.2) is 61.7 Å². The summed E-state index contributed by atoms with van der Waals surface area (Å²) in [4.78, 5) is 41.5. The summed E-state index contributed by atoms with van der Waals surface area (Å²) in [6.45, 7) is 3.83. The molecule has 4 heterocycles. The van der Waals surface area contributed by atoms with Crippen molar-refractivity contribution in [1.82, 2.24) is 20.2 Å². The van der Waals surface area contributed by atoms with Crippen LogP contribution in [0.25, 0.3) is 5.57 Å². The number of fused-ring (bicyclic) bond motifs is 1. The standard InChI is InChI=1S/C18H18N6O4S4.Na/c1-6-7(2)32-14(20-6)8-4-30-16-11(15(26)24(16)12(8)17(27)29)22-13(25)10(23-28-3)9-5-31-18(19)21-9;/h5,11,16H,4H2,1-3H3,(H2,19,21)(H,22,25)(H,27,29);/q;+1/p-1/b23-10-;/t11?,16-;/m1./s1. The molecule has 2 atom stereocenters. The minimum atomic E-state index is -0.851. The van der Waals surface area contributed by atoms with E-state index in [9.17, 15) is 14.7 Å². The molecule has 1 saturated heterocycles. The maximum absolute atomic E-state index is 13.0.